The molecule has 0 aromatic heterocycles. The van der Waals surface area contributed by atoms with Crippen molar-refractivity contribution < 1.29 is 9.53 Å². The van der Waals surface area contributed by atoms with Gasteiger partial charge in [0, 0.05) is 5.57 Å². The second-order valence-corrected chi connectivity index (χ2v) is 5.37. The van der Waals surface area contributed by atoms with Crippen molar-refractivity contribution >= 4 is 28.6 Å². The third-order valence-corrected chi connectivity index (χ3v) is 3.41. The second-order valence-electron chi connectivity index (χ2n) is 4.65. The van der Waals surface area contributed by atoms with Crippen LogP contribution < -0.4 is 0 Å². The van der Waals surface area contributed by atoms with Crippen LogP contribution in [0.5, 0.6) is 0 Å². The van der Waals surface area contributed by atoms with Crippen molar-refractivity contribution in [3.05, 3.63) is 33.5 Å². The lowest BCUT2D eigenvalue weighted by atomic mass is 9.90. The molecule has 0 aliphatic heterocycles. The minimum Gasteiger partial charge on any atom is -0.466 e. The molecule has 0 spiro atoms. The van der Waals surface area contributed by atoms with E-state index >= 15 is 0 Å². The maximum Gasteiger partial charge on any atom is 0.333 e. The maximum absolute atomic E-state index is 11.2. The fraction of sp³-hybridized carbons (Fsp3) is 0.533. The van der Waals surface area contributed by atoms with Crippen molar-refractivity contribution in [1.29, 1.82) is 0 Å². The fourth-order valence-electron chi connectivity index (χ4n) is 1.56. The number of methoxy groups -OCH3 is 1. The highest BCUT2D eigenvalue weighted by Crippen LogP contribution is 2.20. The Labute approximate surface area is 124 Å². The summed E-state index contributed by atoms with van der Waals surface area (Å²) < 4.78 is 6.69. The van der Waals surface area contributed by atoms with E-state index in [4.69, 9.17) is 0 Å². The van der Waals surface area contributed by atoms with Gasteiger partial charge in [0.05, 0.1) is 7.11 Å². The van der Waals surface area contributed by atoms with E-state index in [0.29, 0.717) is 17.4 Å². The standard InChI is InChI=1S/C15H23IO2/c1-11(8-9-16)10-14(4)12(2)6-7-13(3)15(17)18-5/h7-10,12,14H,6H2,1-5H3/b9-8-,11-10+,13-7-/t12-,14-/m0/s1. The molecule has 0 saturated carbocycles. The number of rotatable bonds is 6. The molecule has 0 aliphatic carbocycles. The highest BCUT2D eigenvalue weighted by molar-refractivity contribution is 14.1. The molecular weight excluding hydrogens is 339 g/mol. The van der Waals surface area contributed by atoms with Crippen molar-refractivity contribution in [2.24, 2.45) is 11.8 Å². The number of hydrogen-bond acceptors (Lipinski definition) is 2. The lowest BCUT2D eigenvalue weighted by Crippen LogP contribution is -2.07. The van der Waals surface area contributed by atoms with Crippen LogP contribution in [0.25, 0.3) is 0 Å². The van der Waals surface area contributed by atoms with Crippen LogP contribution in [-0.4, -0.2) is 13.1 Å². The molecule has 0 unspecified atom stereocenters. The van der Waals surface area contributed by atoms with Gasteiger partial charge in [0.15, 0.2) is 0 Å². The molecule has 0 aliphatic rings. The van der Waals surface area contributed by atoms with Crippen LogP contribution in [0, 0.1) is 11.8 Å². The summed E-state index contributed by atoms with van der Waals surface area (Å²) in [4.78, 5) is 11.2. The van der Waals surface area contributed by atoms with Crippen molar-refractivity contribution in [1.82, 2.24) is 0 Å². The number of allylic oxidation sites excluding steroid dienone is 4. The number of esters is 1. The largest absolute Gasteiger partial charge is 0.466 e. The van der Waals surface area contributed by atoms with E-state index in [2.05, 4.69) is 60.3 Å². The Balaban J connectivity index is 4.45. The Morgan fingerprint density at radius 1 is 1.33 bits per heavy atom. The molecule has 3 heteroatoms. The van der Waals surface area contributed by atoms with E-state index in [1.54, 1.807) is 6.92 Å². The molecule has 0 N–H and O–H groups in total. The van der Waals surface area contributed by atoms with Crippen LogP contribution in [-0.2, 0) is 9.53 Å². The molecular formula is C15H23IO2. The molecule has 0 amide bonds. The van der Waals surface area contributed by atoms with Crippen LogP contribution in [0.1, 0.15) is 34.1 Å². The zero-order valence-electron chi connectivity index (χ0n) is 11.9. The first-order valence-electron chi connectivity index (χ1n) is 6.12. The molecule has 0 radical (unpaired) electrons. The van der Waals surface area contributed by atoms with Gasteiger partial charge in [-0.15, -0.1) is 0 Å². The van der Waals surface area contributed by atoms with Crippen molar-refractivity contribution in [2.75, 3.05) is 7.11 Å². The summed E-state index contributed by atoms with van der Waals surface area (Å²) in [6.07, 6.45) is 7.21. The molecule has 2 nitrogen and oxygen atoms in total. The van der Waals surface area contributed by atoms with E-state index in [0.717, 1.165) is 6.42 Å². The van der Waals surface area contributed by atoms with E-state index in [1.165, 1.54) is 12.7 Å². The molecule has 2 atom stereocenters. The molecule has 0 rings (SSSR count). The summed E-state index contributed by atoms with van der Waals surface area (Å²) in [6, 6.07) is 0. The number of hydrogen-bond donors (Lipinski definition) is 0. The number of halogens is 1. The zero-order chi connectivity index (χ0) is 14.1. The van der Waals surface area contributed by atoms with E-state index < -0.39 is 0 Å². The first-order chi connectivity index (χ1) is 8.42. The molecule has 0 bridgehead atoms. The maximum atomic E-state index is 11.2. The van der Waals surface area contributed by atoms with Crippen LogP contribution in [0.2, 0.25) is 0 Å². The van der Waals surface area contributed by atoms with Crippen LogP contribution >= 0.6 is 22.6 Å². The first kappa shape index (κ1) is 17.4. The number of carbonyl (C=O) groups is 1. The Morgan fingerprint density at radius 2 is 1.94 bits per heavy atom. The summed E-state index contributed by atoms with van der Waals surface area (Å²) in [7, 11) is 1.41. The Kier molecular flexibility index (Phi) is 9.06. The summed E-state index contributed by atoms with van der Waals surface area (Å²) in [6.45, 7) is 8.30. The van der Waals surface area contributed by atoms with Crippen LogP contribution in [0.3, 0.4) is 0 Å². The van der Waals surface area contributed by atoms with E-state index in [1.807, 2.05) is 10.2 Å². The van der Waals surface area contributed by atoms with Crippen LogP contribution in [0.4, 0.5) is 0 Å². The predicted octanol–water partition coefficient (Wildman–Crippen LogP) is 4.66. The lowest BCUT2D eigenvalue weighted by molar-refractivity contribution is -0.136. The minimum absolute atomic E-state index is 0.241. The topological polar surface area (TPSA) is 26.3 Å². The van der Waals surface area contributed by atoms with Gasteiger partial charge in [0.25, 0.3) is 0 Å². The van der Waals surface area contributed by atoms with Crippen molar-refractivity contribution in [2.45, 2.75) is 34.1 Å². The molecule has 0 fully saturated rings. The predicted molar refractivity (Wildman–Crippen MR) is 85.6 cm³/mol. The Hall–Kier alpha value is -0.580. The molecule has 102 valence electrons. The molecule has 0 heterocycles. The van der Waals surface area contributed by atoms with Crippen molar-refractivity contribution in [3.8, 4) is 0 Å². The zero-order valence-corrected chi connectivity index (χ0v) is 14.0. The third-order valence-electron chi connectivity index (χ3n) is 3.05. The number of ether oxygens (including phenoxy) is 1. The van der Waals surface area contributed by atoms with Crippen LogP contribution in [0.15, 0.2) is 33.5 Å². The smallest absolute Gasteiger partial charge is 0.333 e. The molecule has 18 heavy (non-hydrogen) atoms. The normalized spacial score (nSPS) is 16.8. The van der Waals surface area contributed by atoms with Gasteiger partial charge in [-0.2, -0.15) is 0 Å². The second kappa shape index (κ2) is 9.36. The van der Waals surface area contributed by atoms with E-state index in [9.17, 15) is 4.79 Å². The monoisotopic (exact) mass is 362 g/mol. The number of carbonyl (C=O) groups excluding carboxylic acids is 1. The van der Waals surface area contributed by atoms with Gasteiger partial charge in [0.1, 0.15) is 0 Å². The quantitative estimate of drug-likeness (QED) is 0.297. The fourth-order valence-corrected chi connectivity index (χ4v) is 2.12. The van der Waals surface area contributed by atoms with Gasteiger partial charge in [0.2, 0.25) is 0 Å². The van der Waals surface area contributed by atoms with E-state index in [-0.39, 0.29) is 5.97 Å². The van der Waals surface area contributed by atoms with Crippen molar-refractivity contribution in [3.63, 3.8) is 0 Å². The van der Waals surface area contributed by atoms with Gasteiger partial charge in [-0.05, 0) is 36.2 Å². The lowest BCUT2D eigenvalue weighted by Gasteiger charge is -2.15. The summed E-state index contributed by atoms with van der Waals surface area (Å²) in [5.41, 5.74) is 1.96. The molecule has 0 saturated heterocycles. The van der Waals surface area contributed by atoms with Gasteiger partial charge in [-0.3, -0.25) is 0 Å². The minimum atomic E-state index is -0.241. The molecule has 0 aromatic carbocycles. The Bertz CT molecular complexity index is 354. The Morgan fingerprint density at radius 3 is 2.44 bits per heavy atom. The molecule has 0 aromatic rings. The highest BCUT2D eigenvalue weighted by atomic mass is 127. The van der Waals surface area contributed by atoms with Gasteiger partial charge < -0.3 is 4.74 Å². The highest BCUT2D eigenvalue weighted by Gasteiger charge is 2.10. The average Bonchev–Trinajstić information content (AvgIpc) is 2.34. The van der Waals surface area contributed by atoms with Gasteiger partial charge >= 0.3 is 5.97 Å². The SMILES string of the molecule is COC(=O)/C(C)=C\C[C@H](C)[C@@H](C)/C=C(C)/C=C\I. The average molecular weight is 362 g/mol. The van der Waals surface area contributed by atoms with Gasteiger partial charge in [-0.1, -0.05) is 60.2 Å². The summed E-state index contributed by atoms with van der Waals surface area (Å²) in [5.74, 6) is 0.746. The first-order valence-corrected chi connectivity index (χ1v) is 7.37. The van der Waals surface area contributed by atoms with Gasteiger partial charge in [-0.25, -0.2) is 4.79 Å². The third kappa shape index (κ3) is 6.99. The summed E-state index contributed by atoms with van der Waals surface area (Å²) in [5, 5.41) is 0. The summed E-state index contributed by atoms with van der Waals surface area (Å²) >= 11 is 2.22.